The van der Waals surface area contributed by atoms with Gasteiger partial charge in [-0.15, -0.1) is 0 Å². The minimum Gasteiger partial charge on any atom is -0.385 e. The highest BCUT2D eigenvalue weighted by atomic mass is 19.4. The van der Waals surface area contributed by atoms with Crippen molar-refractivity contribution in [1.82, 2.24) is 5.32 Å². The van der Waals surface area contributed by atoms with E-state index in [4.69, 9.17) is 0 Å². The Labute approximate surface area is 115 Å². The minimum absolute atomic E-state index is 0.0510. The minimum atomic E-state index is -4.40. The lowest BCUT2D eigenvalue weighted by molar-refractivity contribution is -0.163. The second-order valence-electron chi connectivity index (χ2n) is 5.11. The standard InChI is InChI=1S/C14H17F3N2O/c1-3-18-11-5-4-9(2)8-10(11)12(20)19-13(6-7-13)14(15,16)17/h4-5,8,18H,3,6-7H2,1-2H3,(H,19,20). The average Bonchev–Trinajstić information content (AvgIpc) is 3.12. The lowest BCUT2D eigenvalue weighted by atomic mass is 10.1. The highest BCUT2D eigenvalue weighted by Gasteiger charge is 2.64. The first kappa shape index (κ1) is 14.7. The number of carbonyl (C=O) groups is 1. The van der Waals surface area contributed by atoms with Crippen LogP contribution in [-0.2, 0) is 0 Å². The Morgan fingerprint density at radius 3 is 2.50 bits per heavy atom. The van der Waals surface area contributed by atoms with Gasteiger partial charge in [-0.2, -0.15) is 13.2 Å². The van der Waals surface area contributed by atoms with Gasteiger partial charge >= 0.3 is 6.18 Å². The molecule has 110 valence electrons. The van der Waals surface area contributed by atoms with Crippen LogP contribution < -0.4 is 10.6 Å². The number of nitrogens with one attached hydrogen (secondary N) is 2. The highest BCUT2D eigenvalue weighted by Crippen LogP contribution is 2.49. The maximum absolute atomic E-state index is 12.9. The Kier molecular flexibility index (Phi) is 3.67. The first-order valence-electron chi connectivity index (χ1n) is 6.53. The molecule has 0 heterocycles. The molecular weight excluding hydrogens is 269 g/mol. The molecule has 3 nitrogen and oxygen atoms in total. The Morgan fingerprint density at radius 1 is 1.35 bits per heavy atom. The zero-order valence-corrected chi connectivity index (χ0v) is 11.4. The Morgan fingerprint density at radius 2 is 2.00 bits per heavy atom. The van der Waals surface area contributed by atoms with Gasteiger partial charge in [-0.3, -0.25) is 4.79 Å². The zero-order valence-electron chi connectivity index (χ0n) is 11.4. The molecule has 1 aliphatic rings. The van der Waals surface area contributed by atoms with Gasteiger partial charge < -0.3 is 10.6 Å². The van der Waals surface area contributed by atoms with Crippen molar-refractivity contribution in [3.05, 3.63) is 29.3 Å². The van der Waals surface area contributed by atoms with Crippen molar-refractivity contribution in [2.75, 3.05) is 11.9 Å². The Bertz CT molecular complexity index is 522. The number of hydrogen-bond donors (Lipinski definition) is 2. The highest BCUT2D eigenvalue weighted by molar-refractivity contribution is 6.00. The number of benzene rings is 1. The van der Waals surface area contributed by atoms with Crippen LogP contribution in [0, 0.1) is 6.92 Å². The summed E-state index contributed by atoms with van der Waals surface area (Å²) in [4.78, 5) is 12.1. The van der Waals surface area contributed by atoms with Gasteiger partial charge in [0.05, 0.1) is 5.56 Å². The van der Waals surface area contributed by atoms with E-state index in [1.807, 2.05) is 13.0 Å². The average molecular weight is 286 g/mol. The summed E-state index contributed by atoms with van der Waals surface area (Å²) in [6.45, 7) is 4.25. The molecule has 20 heavy (non-hydrogen) atoms. The van der Waals surface area contributed by atoms with E-state index in [1.54, 1.807) is 19.1 Å². The van der Waals surface area contributed by atoms with Gasteiger partial charge in [0, 0.05) is 12.2 Å². The van der Waals surface area contributed by atoms with E-state index in [-0.39, 0.29) is 18.4 Å². The number of carbonyl (C=O) groups excluding carboxylic acids is 1. The molecule has 0 unspecified atom stereocenters. The van der Waals surface area contributed by atoms with Crippen LogP contribution in [-0.4, -0.2) is 24.2 Å². The summed E-state index contributed by atoms with van der Waals surface area (Å²) in [6, 6.07) is 5.12. The molecular formula is C14H17F3N2O. The van der Waals surface area contributed by atoms with Gasteiger partial charge in [0.1, 0.15) is 5.54 Å². The lowest BCUT2D eigenvalue weighted by Gasteiger charge is -2.21. The van der Waals surface area contributed by atoms with Gasteiger partial charge in [0.25, 0.3) is 5.91 Å². The smallest absolute Gasteiger partial charge is 0.385 e. The molecule has 6 heteroatoms. The fourth-order valence-electron chi connectivity index (χ4n) is 2.08. The molecule has 2 N–H and O–H groups in total. The molecule has 1 aromatic rings. The topological polar surface area (TPSA) is 41.1 Å². The fourth-order valence-corrected chi connectivity index (χ4v) is 2.08. The monoisotopic (exact) mass is 286 g/mol. The van der Waals surface area contributed by atoms with Crippen LogP contribution in [0.4, 0.5) is 18.9 Å². The summed E-state index contributed by atoms with van der Waals surface area (Å²) >= 11 is 0. The van der Waals surface area contributed by atoms with E-state index >= 15 is 0 Å². The van der Waals surface area contributed by atoms with Crippen molar-refractivity contribution in [3.8, 4) is 0 Å². The molecule has 0 aliphatic heterocycles. The second kappa shape index (κ2) is 5.00. The normalized spacial score (nSPS) is 16.6. The largest absolute Gasteiger partial charge is 0.411 e. The Balaban J connectivity index is 2.23. The number of aryl methyl sites for hydroxylation is 1. The first-order chi connectivity index (χ1) is 9.29. The molecule has 1 saturated carbocycles. The van der Waals surface area contributed by atoms with Crippen molar-refractivity contribution in [3.63, 3.8) is 0 Å². The molecule has 0 atom stereocenters. The third-order valence-corrected chi connectivity index (χ3v) is 3.43. The molecule has 1 fully saturated rings. The summed E-state index contributed by atoms with van der Waals surface area (Å²) in [5.41, 5.74) is -0.401. The number of rotatable bonds is 4. The van der Waals surface area contributed by atoms with Crippen LogP contribution in [0.5, 0.6) is 0 Å². The van der Waals surface area contributed by atoms with Crippen molar-refractivity contribution < 1.29 is 18.0 Å². The molecule has 0 radical (unpaired) electrons. The maximum atomic E-state index is 12.9. The number of hydrogen-bond acceptors (Lipinski definition) is 2. The van der Waals surface area contributed by atoms with Crippen LogP contribution in [0.25, 0.3) is 0 Å². The van der Waals surface area contributed by atoms with Crippen LogP contribution in [0.3, 0.4) is 0 Å². The fraction of sp³-hybridized carbons (Fsp3) is 0.500. The molecule has 0 spiro atoms. The molecule has 1 aromatic carbocycles. The molecule has 0 aromatic heterocycles. The number of anilines is 1. The van der Waals surface area contributed by atoms with E-state index in [1.165, 1.54) is 0 Å². The predicted molar refractivity (Wildman–Crippen MR) is 70.8 cm³/mol. The van der Waals surface area contributed by atoms with Crippen molar-refractivity contribution in [1.29, 1.82) is 0 Å². The van der Waals surface area contributed by atoms with E-state index in [2.05, 4.69) is 10.6 Å². The lowest BCUT2D eigenvalue weighted by Crippen LogP contribution is -2.48. The summed E-state index contributed by atoms with van der Waals surface area (Å²) in [6.07, 6.45) is -4.50. The third-order valence-electron chi connectivity index (χ3n) is 3.43. The van der Waals surface area contributed by atoms with E-state index in [0.29, 0.717) is 12.2 Å². The van der Waals surface area contributed by atoms with E-state index in [9.17, 15) is 18.0 Å². The van der Waals surface area contributed by atoms with Crippen molar-refractivity contribution >= 4 is 11.6 Å². The molecule has 2 rings (SSSR count). The number of halogens is 3. The second-order valence-corrected chi connectivity index (χ2v) is 5.11. The summed E-state index contributed by atoms with van der Waals surface area (Å²) in [5, 5.41) is 5.13. The first-order valence-corrected chi connectivity index (χ1v) is 6.53. The summed E-state index contributed by atoms with van der Waals surface area (Å²) in [5.74, 6) is -0.681. The van der Waals surface area contributed by atoms with Crippen molar-refractivity contribution in [2.45, 2.75) is 38.4 Å². The number of amides is 1. The summed E-state index contributed by atoms with van der Waals surface area (Å²) < 4.78 is 38.6. The molecule has 1 amide bonds. The number of alkyl halides is 3. The SMILES string of the molecule is CCNc1ccc(C)cc1C(=O)NC1(C(F)(F)F)CC1. The maximum Gasteiger partial charge on any atom is 0.411 e. The van der Waals surface area contributed by atoms with Gasteiger partial charge in [0.15, 0.2) is 0 Å². The van der Waals surface area contributed by atoms with Gasteiger partial charge in [0.2, 0.25) is 0 Å². The van der Waals surface area contributed by atoms with Gasteiger partial charge in [-0.25, -0.2) is 0 Å². The van der Waals surface area contributed by atoms with Gasteiger partial charge in [-0.1, -0.05) is 11.6 Å². The third kappa shape index (κ3) is 2.73. The Hall–Kier alpha value is -1.72. The van der Waals surface area contributed by atoms with Crippen LogP contribution in [0.1, 0.15) is 35.7 Å². The quantitative estimate of drug-likeness (QED) is 0.892. The molecule has 0 saturated heterocycles. The summed E-state index contributed by atoms with van der Waals surface area (Å²) in [7, 11) is 0. The van der Waals surface area contributed by atoms with Crippen LogP contribution in [0.15, 0.2) is 18.2 Å². The van der Waals surface area contributed by atoms with Crippen LogP contribution >= 0.6 is 0 Å². The molecule has 0 bridgehead atoms. The van der Waals surface area contributed by atoms with E-state index in [0.717, 1.165) is 5.56 Å². The van der Waals surface area contributed by atoms with Gasteiger partial charge in [-0.05, 0) is 38.8 Å². The zero-order chi connectivity index (χ0) is 15.0. The predicted octanol–water partition coefficient (Wildman–Crippen LogP) is 3.25. The molecule has 1 aliphatic carbocycles. The van der Waals surface area contributed by atoms with E-state index < -0.39 is 17.6 Å². The van der Waals surface area contributed by atoms with Crippen LogP contribution in [0.2, 0.25) is 0 Å². The van der Waals surface area contributed by atoms with Crippen molar-refractivity contribution in [2.24, 2.45) is 0 Å².